The van der Waals surface area contributed by atoms with Gasteiger partial charge in [0.1, 0.15) is 0 Å². The van der Waals surface area contributed by atoms with E-state index in [0.717, 1.165) is 38.2 Å². The largest absolute Gasteiger partial charge is 0.380 e. The minimum Gasteiger partial charge on any atom is -0.380 e. The van der Waals surface area contributed by atoms with Crippen LogP contribution in [0.5, 0.6) is 0 Å². The Bertz CT molecular complexity index is 428. The molecule has 1 aromatic rings. The Morgan fingerprint density at radius 3 is 2.84 bits per heavy atom. The maximum absolute atomic E-state index is 5.97. The third kappa shape index (κ3) is 3.55. The van der Waals surface area contributed by atoms with Gasteiger partial charge in [0, 0.05) is 26.2 Å². The molecule has 0 unspecified atom stereocenters. The van der Waals surface area contributed by atoms with E-state index in [1.807, 2.05) is 12.3 Å². The van der Waals surface area contributed by atoms with E-state index in [-0.39, 0.29) is 6.04 Å². The summed E-state index contributed by atoms with van der Waals surface area (Å²) in [7, 11) is 1.74. The van der Waals surface area contributed by atoms with Crippen LogP contribution in [0.1, 0.15) is 31.5 Å². The van der Waals surface area contributed by atoms with Crippen molar-refractivity contribution in [3.63, 3.8) is 0 Å². The molecule has 0 bridgehead atoms. The standard InChI is InChI=1S/C15H23N3O/c1-3-14(16)15-5-4-13(10-17-15)18-8-6-12(7-9-18)11-19-2/h4-6,10,14H,3,7-9,11,16H2,1-2H3/t14-/m1/s1. The Morgan fingerprint density at radius 1 is 1.47 bits per heavy atom. The second kappa shape index (κ2) is 6.68. The molecular formula is C15H23N3O. The highest BCUT2D eigenvalue weighted by Crippen LogP contribution is 2.20. The first-order chi connectivity index (χ1) is 9.24. The first-order valence-electron chi connectivity index (χ1n) is 6.88. The molecule has 4 heteroatoms. The summed E-state index contributed by atoms with van der Waals surface area (Å²) >= 11 is 0. The molecule has 0 radical (unpaired) electrons. The zero-order chi connectivity index (χ0) is 13.7. The van der Waals surface area contributed by atoms with E-state index in [1.165, 1.54) is 11.3 Å². The predicted octanol–water partition coefficient (Wildman–Crippen LogP) is 2.27. The van der Waals surface area contributed by atoms with Crippen molar-refractivity contribution in [2.75, 3.05) is 31.7 Å². The van der Waals surface area contributed by atoms with Gasteiger partial charge in [-0.3, -0.25) is 4.98 Å². The lowest BCUT2D eigenvalue weighted by atomic mass is 10.1. The van der Waals surface area contributed by atoms with Gasteiger partial charge in [-0.1, -0.05) is 13.0 Å². The number of pyridine rings is 1. The quantitative estimate of drug-likeness (QED) is 0.826. The number of hydrogen-bond donors (Lipinski definition) is 1. The minimum absolute atomic E-state index is 0.0450. The van der Waals surface area contributed by atoms with E-state index in [4.69, 9.17) is 10.5 Å². The summed E-state index contributed by atoms with van der Waals surface area (Å²) in [6.07, 6.45) is 6.15. The zero-order valence-corrected chi connectivity index (χ0v) is 11.8. The molecule has 4 nitrogen and oxygen atoms in total. The average molecular weight is 261 g/mol. The molecule has 0 saturated carbocycles. The monoisotopic (exact) mass is 261 g/mol. The number of ether oxygens (including phenoxy) is 1. The topological polar surface area (TPSA) is 51.4 Å². The highest BCUT2D eigenvalue weighted by molar-refractivity contribution is 5.46. The molecule has 2 N–H and O–H groups in total. The molecule has 19 heavy (non-hydrogen) atoms. The van der Waals surface area contributed by atoms with Gasteiger partial charge in [0.15, 0.2) is 0 Å². The molecule has 1 atom stereocenters. The fourth-order valence-electron chi connectivity index (χ4n) is 2.28. The SMILES string of the molecule is CC[C@@H](N)c1ccc(N2CC=C(COC)CC2)cn1. The van der Waals surface area contributed by atoms with Gasteiger partial charge in [0.05, 0.1) is 24.2 Å². The van der Waals surface area contributed by atoms with Gasteiger partial charge < -0.3 is 15.4 Å². The summed E-state index contributed by atoms with van der Waals surface area (Å²) in [5, 5.41) is 0. The van der Waals surface area contributed by atoms with Crippen molar-refractivity contribution in [1.82, 2.24) is 4.98 Å². The second-order valence-electron chi connectivity index (χ2n) is 4.95. The van der Waals surface area contributed by atoms with Gasteiger partial charge >= 0.3 is 0 Å². The van der Waals surface area contributed by atoms with Crippen LogP contribution in [0, 0.1) is 0 Å². The van der Waals surface area contributed by atoms with Crippen molar-refractivity contribution in [1.29, 1.82) is 0 Å². The Morgan fingerprint density at radius 2 is 2.32 bits per heavy atom. The first-order valence-corrected chi connectivity index (χ1v) is 6.88. The maximum Gasteiger partial charge on any atom is 0.0674 e. The van der Waals surface area contributed by atoms with Crippen LogP contribution in [-0.2, 0) is 4.74 Å². The van der Waals surface area contributed by atoms with Gasteiger partial charge in [0.2, 0.25) is 0 Å². The molecule has 1 aliphatic rings. The van der Waals surface area contributed by atoms with Crippen LogP contribution in [0.3, 0.4) is 0 Å². The third-order valence-electron chi connectivity index (χ3n) is 3.59. The number of methoxy groups -OCH3 is 1. The molecule has 0 aliphatic carbocycles. The van der Waals surface area contributed by atoms with Crippen molar-refractivity contribution in [3.05, 3.63) is 35.7 Å². The summed E-state index contributed by atoms with van der Waals surface area (Å²) in [5.74, 6) is 0. The third-order valence-corrected chi connectivity index (χ3v) is 3.59. The zero-order valence-electron chi connectivity index (χ0n) is 11.8. The molecule has 2 rings (SSSR count). The number of rotatable bonds is 5. The highest BCUT2D eigenvalue weighted by atomic mass is 16.5. The summed E-state index contributed by atoms with van der Waals surface area (Å²) in [6.45, 7) is 4.78. The molecule has 1 aliphatic heterocycles. The Hall–Kier alpha value is -1.39. The Kier molecular flexibility index (Phi) is 4.93. The van der Waals surface area contributed by atoms with E-state index in [9.17, 15) is 0 Å². The van der Waals surface area contributed by atoms with E-state index in [1.54, 1.807) is 7.11 Å². The summed E-state index contributed by atoms with van der Waals surface area (Å²) in [4.78, 5) is 6.79. The van der Waals surface area contributed by atoms with Crippen LogP contribution in [-0.4, -0.2) is 31.8 Å². The molecular weight excluding hydrogens is 238 g/mol. The second-order valence-corrected chi connectivity index (χ2v) is 4.95. The number of aromatic nitrogens is 1. The number of nitrogens with two attached hydrogens (primary N) is 1. The highest BCUT2D eigenvalue weighted by Gasteiger charge is 2.13. The van der Waals surface area contributed by atoms with Gasteiger partial charge in [-0.15, -0.1) is 0 Å². The summed E-state index contributed by atoms with van der Waals surface area (Å²) in [6, 6.07) is 4.20. The minimum atomic E-state index is 0.0450. The molecule has 0 fully saturated rings. The van der Waals surface area contributed by atoms with Crippen LogP contribution < -0.4 is 10.6 Å². The number of anilines is 1. The molecule has 0 aromatic carbocycles. The normalized spacial score (nSPS) is 17.2. The van der Waals surface area contributed by atoms with Crippen molar-refractivity contribution >= 4 is 5.69 Å². The molecule has 0 spiro atoms. The molecule has 104 valence electrons. The van der Waals surface area contributed by atoms with Crippen molar-refractivity contribution < 1.29 is 4.74 Å². The molecule has 2 heterocycles. The van der Waals surface area contributed by atoms with E-state index >= 15 is 0 Å². The summed E-state index contributed by atoms with van der Waals surface area (Å²) < 4.78 is 5.16. The lowest BCUT2D eigenvalue weighted by molar-refractivity contribution is 0.222. The van der Waals surface area contributed by atoms with Crippen LogP contribution in [0.2, 0.25) is 0 Å². The van der Waals surface area contributed by atoms with Crippen molar-refractivity contribution in [3.8, 4) is 0 Å². The average Bonchev–Trinajstić information content (AvgIpc) is 2.48. The van der Waals surface area contributed by atoms with Crippen LogP contribution >= 0.6 is 0 Å². The van der Waals surface area contributed by atoms with Gasteiger partial charge in [-0.05, 0) is 30.5 Å². The van der Waals surface area contributed by atoms with Gasteiger partial charge in [-0.25, -0.2) is 0 Å². The fourth-order valence-corrected chi connectivity index (χ4v) is 2.28. The van der Waals surface area contributed by atoms with Crippen LogP contribution in [0.4, 0.5) is 5.69 Å². The van der Waals surface area contributed by atoms with Crippen LogP contribution in [0.15, 0.2) is 30.0 Å². The lowest BCUT2D eigenvalue weighted by Gasteiger charge is -2.28. The smallest absolute Gasteiger partial charge is 0.0674 e. The Labute approximate surface area is 115 Å². The first kappa shape index (κ1) is 14.0. The van der Waals surface area contributed by atoms with Crippen molar-refractivity contribution in [2.24, 2.45) is 5.73 Å². The lowest BCUT2D eigenvalue weighted by Crippen LogP contribution is -2.29. The number of hydrogen-bond acceptors (Lipinski definition) is 4. The number of nitrogens with zero attached hydrogens (tertiary/aromatic N) is 2. The van der Waals surface area contributed by atoms with E-state index in [2.05, 4.69) is 29.0 Å². The van der Waals surface area contributed by atoms with E-state index in [0.29, 0.717) is 0 Å². The van der Waals surface area contributed by atoms with E-state index < -0.39 is 0 Å². The maximum atomic E-state index is 5.97. The van der Waals surface area contributed by atoms with Crippen LogP contribution in [0.25, 0.3) is 0 Å². The van der Waals surface area contributed by atoms with Gasteiger partial charge in [0.25, 0.3) is 0 Å². The molecule has 0 saturated heterocycles. The van der Waals surface area contributed by atoms with Crippen molar-refractivity contribution in [2.45, 2.75) is 25.8 Å². The summed E-state index contributed by atoms with van der Waals surface area (Å²) in [5.41, 5.74) is 9.50. The Balaban J connectivity index is 2.00. The predicted molar refractivity (Wildman–Crippen MR) is 78.2 cm³/mol. The van der Waals surface area contributed by atoms with Gasteiger partial charge in [-0.2, -0.15) is 0 Å². The molecule has 0 amide bonds. The molecule has 1 aromatic heterocycles. The fraction of sp³-hybridized carbons (Fsp3) is 0.533.